The van der Waals surface area contributed by atoms with Gasteiger partial charge in [0.1, 0.15) is 5.01 Å². The van der Waals surface area contributed by atoms with Gasteiger partial charge >= 0.3 is 0 Å². The molecule has 0 saturated heterocycles. The molecule has 1 amide bonds. The number of anilines is 1. The van der Waals surface area contributed by atoms with E-state index in [1.807, 2.05) is 0 Å². The minimum absolute atomic E-state index is 0.0950. The number of hydrogen-bond donors (Lipinski definition) is 0. The highest BCUT2D eigenvalue weighted by atomic mass is 32.1. The number of carbonyl (C=O) groups excluding carboxylic acids is 1. The van der Waals surface area contributed by atoms with Gasteiger partial charge in [0.2, 0.25) is 11.0 Å². The Labute approximate surface area is 142 Å². The van der Waals surface area contributed by atoms with E-state index in [0.717, 1.165) is 23.4 Å². The molecule has 124 valence electrons. The van der Waals surface area contributed by atoms with Crippen molar-refractivity contribution in [3.8, 4) is 10.6 Å². The number of carbonyl (C=O) groups is 1. The first-order valence-electron chi connectivity index (χ1n) is 8.04. The van der Waals surface area contributed by atoms with Crippen molar-refractivity contribution in [2.45, 2.75) is 52.4 Å². The van der Waals surface area contributed by atoms with Gasteiger partial charge in [-0.2, -0.15) is 0 Å². The third kappa shape index (κ3) is 4.38. The van der Waals surface area contributed by atoms with Crippen LogP contribution >= 0.6 is 11.3 Å². The second-order valence-corrected chi connectivity index (χ2v) is 7.73. The fourth-order valence-corrected chi connectivity index (χ4v) is 3.01. The lowest BCUT2D eigenvalue weighted by Gasteiger charge is -2.18. The number of unbranched alkanes of at least 4 members (excludes halogenated alkanes) is 1. The maximum Gasteiger partial charge on any atom is 0.228 e. The highest BCUT2D eigenvalue weighted by Gasteiger charge is 2.17. The first-order valence-corrected chi connectivity index (χ1v) is 8.85. The molecule has 1 aromatic heterocycles. The lowest BCUT2D eigenvalue weighted by molar-refractivity contribution is -0.118. The Morgan fingerprint density at radius 3 is 2.39 bits per heavy atom. The largest absolute Gasteiger partial charge is 0.290 e. The number of rotatable bonds is 5. The zero-order chi connectivity index (χ0) is 17.0. The predicted molar refractivity (Wildman–Crippen MR) is 97.0 cm³/mol. The third-order valence-electron chi connectivity index (χ3n) is 3.82. The second kappa shape index (κ2) is 7.21. The Kier molecular flexibility index (Phi) is 5.52. The van der Waals surface area contributed by atoms with E-state index in [2.05, 4.69) is 62.2 Å². The quantitative estimate of drug-likeness (QED) is 0.801. The maximum absolute atomic E-state index is 12.1. The first-order chi connectivity index (χ1) is 10.8. The Morgan fingerprint density at radius 2 is 1.83 bits per heavy atom. The van der Waals surface area contributed by atoms with Crippen molar-refractivity contribution in [1.82, 2.24) is 10.2 Å². The third-order valence-corrected chi connectivity index (χ3v) is 4.87. The standard InChI is InChI=1S/C18H25N3OS/c1-6-7-8-15(22)21(5)17-20-19-16(23-17)13-9-11-14(12-10-13)18(2,3)4/h9-12H,6-8H2,1-5H3. The van der Waals surface area contributed by atoms with Crippen LogP contribution in [0.5, 0.6) is 0 Å². The second-order valence-electron chi connectivity index (χ2n) is 6.77. The van der Waals surface area contributed by atoms with E-state index in [9.17, 15) is 4.79 Å². The molecule has 0 atom stereocenters. The lowest BCUT2D eigenvalue weighted by atomic mass is 9.87. The van der Waals surface area contributed by atoms with Gasteiger partial charge in [0.05, 0.1) is 0 Å². The smallest absolute Gasteiger partial charge is 0.228 e. The van der Waals surface area contributed by atoms with E-state index in [-0.39, 0.29) is 11.3 Å². The van der Waals surface area contributed by atoms with Gasteiger partial charge in [0, 0.05) is 19.0 Å². The number of nitrogens with zero attached hydrogens (tertiary/aromatic N) is 3. The minimum Gasteiger partial charge on any atom is -0.290 e. The Balaban J connectivity index is 2.14. The lowest BCUT2D eigenvalue weighted by Crippen LogP contribution is -2.25. The molecule has 1 heterocycles. The molecule has 0 aliphatic rings. The molecule has 5 heteroatoms. The summed E-state index contributed by atoms with van der Waals surface area (Å²) in [5, 5.41) is 9.90. The van der Waals surface area contributed by atoms with E-state index in [0.29, 0.717) is 11.6 Å². The summed E-state index contributed by atoms with van der Waals surface area (Å²) >= 11 is 1.45. The number of hydrogen-bond acceptors (Lipinski definition) is 4. The molecule has 0 spiro atoms. The van der Waals surface area contributed by atoms with Gasteiger partial charge in [0.25, 0.3) is 0 Å². The Morgan fingerprint density at radius 1 is 1.17 bits per heavy atom. The summed E-state index contributed by atoms with van der Waals surface area (Å²) in [6, 6.07) is 8.41. The molecule has 0 unspecified atom stereocenters. The van der Waals surface area contributed by atoms with E-state index in [4.69, 9.17) is 0 Å². The highest BCUT2D eigenvalue weighted by Crippen LogP contribution is 2.30. The Bertz CT molecular complexity index is 656. The summed E-state index contributed by atoms with van der Waals surface area (Å²) in [6.07, 6.45) is 2.48. The molecule has 0 aliphatic carbocycles. The number of aromatic nitrogens is 2. The van der Waals surface area contributed by atoms with E-state index >= 15 is 0 Å². The topological polar surface area (TPSA) is 46.1 Å². The molecule has 1 aromatic carbocycles. The van der Waals surface area contributed by atoms with Gasteiger partial charge in [-0.15, -0.1) is 10.2 Å². The van der Waals surface area contributed by atoms with Crippen molar-refractivity contribution in [3.05, 3.63) is 29.8 Å². The van der Waals surface area contributed by atoms with Gasteiger partial charge in [-0.25, -0.2) is 0 Å². The molecule has 23 heavy (non-hydrogen) atoms. The molecule has 2 aromatic rings. The van der Waals surface area contributed by atoms with Crippen LogP contribution < -0.4 is 4.90 Å². The Hall–Kier alpha value is -1.75. The van der Waals surface area contributed by atoms with Crippen molar-refractivity contribution in [2.75, 3.05) is 11.9 Å². The van der Waals surface area contributed by atoms with Gasteiger partial charge < -0.3 is 0 Å². The summed E-state index contributed by atoms with van der Waals surface area (Å²) in [7, 11) is 1.77. The molecule has 0 radical (unpaired) electrons. The van der Waals surface area contributed by atoms with Crippen LogP contribution in [-0.4, -0.2) is 23.2 Å². The van der Waals surface area contributed by atoms with Crippen LogP contribution in [0.2, 0.25) is 0 Å². The van der Waals surface area contributed by atoms with Crippen LogP contribution in [0.1, 0.15) is 52.5 Å². The summed E-state index contributed by atoms with van der Waals surface area (Å²) < 4.78 is 0. The average molecular weight is 331 g/mol. The molecule has 0 N–H and O–H groups in total. The zero-order valence-corrected chi connectivity index (χ0v) is 15.4. The molecule has 0 bridgehead atoms. The molecule has 0 fully saturated rings. The fourth-order valence-electron chi connectivity index (χ4n) is 2.18. The van der Waals surface area contributed by atoms with Crippen molar-refractivity contribution in [2.24, 2.45) is 0 Å². The van der Waals surface area contributed by atoms with Crippen LogP contribution in [0.4, 0.5) is 5.13 Å². The van der Waals surface area contributed by atoms with Gasteiger partial charge in [-0.3, -0.25) is 9.69 Å². The van der Waals surface area contributed by atoms with E-state index < -0.39 is 0 Å². The van der Waals surface area contributed by atoms with Gasteiger partial charge in [-0.05, 0) is 17.4 Å². The van der Waals surface area contributed by atoms with Crippen LogP contribution in [0.3, 0.4) is 0 Å². The highest BCUT2D eigenvalue weighted by molar-refractivity contribution is 7.18. The number of benzene rings is 1. The summed E-state index contributed by atoms with van der Waals surface area (Å²) in [5.41, 5.74) is 2.46. The molecular formula is C18H25N3OS. The minimum atomic E-state index is 0.0950. The average Bonchev–Trinajstić information content (AvgIpc) is 3.01. The molecule has 4 nitrogen and oxygen atoms in total. The van der Waals surface area contributed by atoms with Crippen LogP contribution in [0, 0.1) is 0 Å². The van der Waals surface area contributed by atoms with Crippen molar-refractivity contribution in [1.29, 1.82) is 0 Å². The van der Waals surface area contributed by atoms with E-state index in [1.165, 1.54) is 16.9 Å². The fraction of sp³-hybridized carbons (Fsp3) is 0.500. The summed E-state index contributed by atoms with van der Waals surface area (Å²) in [6.45, 7) is 8.67. The number of amides is 1. The molecule has 0 aliphatic heterocycles. The van der Waals surface area contributed by atoms with Gasteiger partial charge in [0.15, 0.2) is 0 Å². The summed E-state index contributed by atoms with van der Waals surface area (Å²) in [4.78, 5) is 13.7. The van der Waals surface area contributed by atoms with Crippen LogP contribution in [-0.2, 0) is 10.2 Å². The van der Waals surface area contributed by atoms with Crippen molar-refractivity contribution in [3.63, 3.8) is 0 Å². The van der Waals surface area contributed by atoms with Crippen LogP contribution in [0.25, 0.3) is 10.6 Å². The van der Waals surface area contributed by atoms with Crippen molar-refractivity contribution < 1.29 is 4.79 Å². The SMILES string of the molecule is CCCCC(=O)N(C)c1nnc(-c2ccc(C(C)(C)C)cc2)s1. The molecule has 2 rings (SSSR count). The van der Waals surface area contributed by atoms with E-state index in [1.54, 1.807) is 11.9 Å². The van der Waals surface area contributed by atoms with Crippen LogP contribution in [0.15, 0.2) is 24.3 Å². The van der Waals surface area contributed by atoms with Crippen molar-refractivity contribution >= 4 is 22.4 Å². The maximum atomic E-state index is 12.1. The molecule has 0 saturated carbocycles. The monoisotopic (exact) mass is 331 g/mol. The zero-order valence-electron chi connectivity index (χ0n) is 14.6. The molecular weight excluding hydrogens is 306 g/mol. The summed E-state index contributed by atoms with van der Waals surface area (Å²) in [5.74, 6) is 0.0950. The predicted octanol–water partition coefficient (Wildman–Crippen LogP) is 4.66. The normalized spacial score (nSPS) is 11.5. The van der Waals surface area contributed by atoms with Gasteiger partial charge in [-0.1, -0.05) is 69.7 Å². The first kappa shape index (κ1) is 17.6.